The van der Waals surface area contributed by atoms with Gasteiger partial charge in [0.15, 0.2) is 5.82 Å². The Hall–Kier alpha value is -6.37. The van der Waals surface area contributed by atoms with E-state index in [1.54, 1.807) is 6.20 Å². The van der Waals surface area contributed by atoms with Crippen LogP contribution in [0.15, 0.2) is 164 Å². The Bertz CT molecular complexity index is 2250. The van der Waals surface area contributed by atoms with E-state index in [0.29, 0.717) is 5.82 Å². The molecule has 46 heavy (non-hydrogen) atoms. The molecule has 0 aliphatic rings. The number of fused-ring (bicyclic) bond motifs is 1. The Morgan fingerprint density at radius 1 is 0.413 bits per heavy atom. The fourth-order valence-corrected chi connectivity index (χ4v) is 5.82. The lowest BCUT2D eigenvalue weighted by atomic mass is 9.99. The third-order valence-electron chi connectivity index (χ3n) is 8.26. The molecule has 0 saturated carbocycles. The second-order valence-corrected chi connectivity index (χ2v) is 11.2. The Labute approximate surface area is 268 Å². The molecular weight excluding hydrogens is 558 g/mol. The van der Waals surface area contributed by atoms with Gasteiger partial charge in [0, 0.05) is 29.1 Å². The molecule has 3 heteroatoms. The monoisotopic (exact) mass is 585 g/mol. The molecule has 0 N–H and O–H groups in total. The highest BCUT2D eigenvalue weighted by Crippen LogP contribution is 2.33. The van der Waals surface area contributed by atoms with E-state index in [0.717, 1.165) is 61.3 Å². The summed E-state index contributed by atoms with van der Waals surface area (Å²) in [6.45, 7) is 0. The van der Waals surface area contributed by atoms with Gasteiger partial charge in [-0.2, -0.15) is 0 Å². The molecule has 0 fully saturated rings. The highest BCUT2D eigenvalue weighted by molar-refractivity contribution is 5.96. The Balaban J connectivity index is 1.18. The first-order valence-corrected chi connectivity index (χ1v) is 15.3. The maximum absolute atomic E-state index is 5.11. The van der Waals surface area contributed by atoms with Gasteiger partial charge in [-0.1, -0.05) is 140 Å². The largest absolute Gasteiger partial charge is 0.264 e. The van der Waals surface area contributed by atoms with Crippen molar-refractivity contribution in [3.63, 3.8) is 0 Å². The van der Waals surface area contributed by atoms with Crippen molar-refractivity contribution in [1.29, 1.82) is 0 Å². The molecule has 0 bridgehead atoms. The second kappa shape index (κ2) is 12.0. The average Bonchev–Trinajstić information content (AvgIpc) is 3.15. The molecule has 0 unspecified atom stereocenters. The number of aromatic nitrogens is 3. The number of benzene rings is 5. The minimum absolute atomic E-state index is 0.670. The molecule has 8 aromatic rings. The molecule has 0 spiro atoms. The molecular formula is C43H27N3. The Morgan fingerprint density at radius 3 is 1.78 bits per heavy atom. The van der Waals surface area contributed by atoms with E-state index in [-0.39, 0.29) is 0 Å². The molecule has 0 aliphatic carbocycles. The first kappa shape index (κ1) is 27.2. The number of rotatable bonds is 6. The van der Waals surface area contributed by atoms with Gasteiger partial charge in [0.1, 0.15) is 0 Å². The second-order valence-electron chi connectivity index (χ2n) is 11.2. The van der Waals surface area contributed by atoms with Crippen LogP contribution >= 0.6 is 0 Å². The summed E-state index contributed by atoms with van der Waals surface area (Å²) in [4.78, 5) is 14.4. The van der Waals surface area contributed by atoms with Gasteiger partial charge in [-0.15, -0.1) is 0 Å². The van der Waals surface area contributed by atoms with Crippen LogP contribution in [0.1, 0.15) is 0 Å². The van der Waals surface area contributed by atoms with Crippen molar-refractivity contribution in [3.05, 3.63) is 176 Å². The number of hydrogen-bond donors (Lipinski definition) is 0. The van der Waals surface area contributed by atoms with Crippen molar-refractivity contribution in [3.8, 4) is 67.3 Å². The Morgan fingerprint density at radius 2 is 1.02 bits per heavy atom. The van der Waals surface area contributed by atoms with Crippen LogP contribution in [-0.2, 0) is 0 Å². The van der Waals surface area contributed by atoms with Crippen LogP contribution in [0.5, 0.6) is 0 Å². The molecule has 0 radical (unpaired) electrons. The third kappa shape index (κ3) is 5.41. The minimum Gasteiger partial charge on any atom is -0.264 e. The van der Waals surface area contributed by atoms with E-state index in [4.69, 9.17) is 9.97 Å². The fraction of sp³-hybridized carbons (Fsp3) is 0. The van der Waals surface area contributed by atoms with Gasteiger partial charge in [-0.05, 0) is 62.9 Å². The van der Waals surface area contributed by atoms with Gasteiger partial charge in [-0.3, -0.25) is 4.98 Å². The van der Waals surface area contributed by atoms with E-state index < -0.39 is 0 Å². The van der Waals surface area contributed by atoms with Gasteiger partial charge < -0.3 is 0 Å². The summed E-state index contributed by atoms with van der Waals surface area (Å²) in [5, 5.41) is 2.33. The summed E-state index contributed by atoms with van der Waals surface area (Å²) in [6.07, 6.45) is 3.67. The highest BCUT2D eigenvalue weighted by Gasteiger charge is 2.13. The third-order valence-corrected chi connectivity index (χ3v) is 8.26. The summed E-state index contributed by atoms with van der Waals surface area (Å²) in [6, 6.07) is 59.1. The summed E-state index contributed by atoms with van der Waals surface area (Å²) < 4.78 is 0. The minimum atomic E-state index is 0.670. The maximum Gasteiger partial charge on any atom is 0.160 e. The SMILES string of the molecule is c1c(-c2ccc(-c3cccnc3)cc2)ccc(-c2cc(-c3cccc4ccccc34)nc(-c3ccc(-c4ccccc4)cc3)n2)c#1. The smallest absolute Gasteiger partial charge is 0.160 e. The predicted molar refractivity (Wildman–Crippen MR) is 188 cm³/mol. The molecule has 3 nitrogen and oxygen atoms in total. The first-order chi connectivity index (χ1) is 22.8. The normalized spacial score (nSPS) is 10.9. The lowest BCUT2D eigenvalue weighted by molar-refractivity contribution is 1.19. The van der Waals surface area contributed by atoms with E-state index in [2.05, 4.69) is 157 Å². The maximum atomic E-state index is 5.11. The zero-order valence-electron chi connectivity index (χ0n) is 24.9. The first-order valence-electron chi connectivity index (χ1n) is 15.3. The van der Waals surface area contributed by atoms with Crippen LogP contribution in [-0.4, -0.2) is 15.0 Å². The van der Waals surface area contributed by atoms with Crippen LogP contribution < -0.4 is 0 Å². The molecule has 0 aliphatic heterocycles. The van der Waals surface area contributed by atoms with Crippen LogP contribution in [0.2, 0.25) is 0 Å². The summed E-state index contributed by atoms with van der Waals surface area (Å²) in [7, 11) is 0. The fourth-order valence-electron chi connectivity index (χ4n) is 5.82. The van der Waals surface area contributed by atoms with E-state index in [9.17, 15) is 0 Å². The van der Waals surface area contributed by atoms with Crippen LogP contribution in [0.25, 0.3) is 78.1 Å². The molecule has 0 saturated heterocycles. The quantitative estimate of drug-likeness (QED) is 0.195. The Kier molecular flexibility index (Phi) is 7.07. The van der Waals surface area contributed by atoms with Gasteiger partial charge in [0.05, 0.1) is 17.0 Å². The van der Waals surface area contributed by atoms with Crippen molar-refractivity contribution in [2.24, 2.45) is 0 Å². The summed E-state index contributed by atoms with van der Waals surface area (Å²) in [5.41, 5.74) is 11.2. The van der Waals surface area contributed by atoms with Crippen molar-refractivity contribution in [2.75, 3.05) is 0 Å². The lowest BCUT2D eigenvalue weighted by Gasteiger charge is -2.11. The number of pyridine rings is 1. The predicted octanol–water partition coefficient (Wildman–Crippen LogP) is 10.6. The van der Waals surface area contributed by atoms with Crippen molar-refractivity contribution in [2.45, 2.75) is 0 Å². The zero-order chi connectivity index (χ0) is 30.7. The van der Waals surface area contributed by atoms with Gasteiger partial charge >= 0.3 is 0 Å². The van der Waals surface area contributed by atoms with E-state index in [1.165, 1.54) is 10.9 Å². The van der Waals surface area contributed by atoms with Crippen LogP contribution in [0.3, 0.4) is 0 Å². The highest BCUT2D eigenvalue weighted by atomic mass is 14.9. The zero-order valence-corrected chi connectivity index (χ0v) is 24.9. The summed E-state index contributed by atoms with van der Waals surface area (Å²) in [5.74, 6) is 0.670. The standard InChI is InChI=1S/C43H27N3/c1-2-8-30(9-3-1)31-21-25-37(26-22-31)43-45-41(28-42(46-43)40-14-6-11-35-10-4-5-13-39(35)40)36-23-19-33(20-24-36)32-15-17-34(18-16-32)38-12-7-27-44-29-38/h1-19,21-23,25-29H. The molecule has 2 heterocycles. The van der Waals surface area contributed by atoms with E-state index in [1.807, 2.05) is 18.3 Å². The molecule has 0 amide bonds. The molecule has 2 aromatic heterocycles. The summed E-state index contributed by atoms with van der Waals surface area (Å²) >= 11 is 0. The number of hydrogen-bond acceptors (Lipinski definition) is 3. The van der Waals surface area contributed by atoms with Crippen molar-refractivity contribution >= 4 is 10.8 Å². The lowest BCUT2D eigenvalue weighted by Crippen LogP contribution is -1.96. The van der Waals surface area contributed by atoms with Crippen LogP contribution in [0.4, 0.5) is 0 Å². The van der Waals surface area contributed by atoms with Gasteiger partial charge in [-0.25, -0.2) is 9.97 Å². The average molecular weight is 586 g/mol. The van der Waals surface area contributed by atoms with E-state index >= 15 is 0 Å². The molecule has 6 aromatic carbocycles. The van der Waals surface area contributed by atoms with Crippen molar-refractivity contribution < 1.29 is 0 Å². The number of nitrogens with zero attached hydrogens (tertiary/aromatic N) is 3. The van der Waals surface area contributed by atoms with Gasteiger partial charge in [0.25, 0.3) is 0 Å². The van der Waals surface area contributed by atoms with Gasteiger partial charge in [0.2, 0.25) is 0 Å². The van der Waals surface area contributed by atoms with Crippen LogP contribution in [0, 0.1) is 12.1 Å². The molecule has 214 valence electrons. The van der Waals surface area contributed by atoms with Crippen molar-refractivity contribution in [1.82, 2.24) is 15.0 Å². The molecule has 8 rings (SSSR count). The topological polar surface area (TPSA) is 38.7 Å². The molecule has 0 atom stereocenters.